The molecular formula is C10H11F2NO4S. The first-order valence-electron chi connectivity index (χ1n) is 4.82. The van der Waals surface area contributed by atoms with Crippen molar-refractivity contribution in [1.82, 2.24) is 0 Å². The number of hydrogen-bond donors (Lipinski definition) is 2. The number of hydrogen-bond acceptors (Lipinski definition) is 3. The molecule has 1 rings (SSSR count). The summed E-state index contributed by atoms with van der Waals surface area (Å²) in [4.78, 5) is 10.6. The van der Waals surface area contributed by atoms with Crippen molar-refractivity contribution in [3.8, 4) is 0 Å². The molecule has 0 amide bonds. The quantitative estimate of drug-likeness (QED) is 0.825. The molecule has 2 N–H and O–H groups in total. The van der Waals surface area contributed by atoms with Crippen LogP contribution in [0.1, 0.15) is 10.4 Å². The molecule has 1 atom stereocenters. The van der Waals surface area contributed by atoms with Crippen molar-refractivity contribution in [2.75, 3.05) is 24.2 Å². The largest absolute Gasteiger partial charge is 0.477 e. The second-order valence-electron chi connectivity index (χ2n) is 3.23. The first-order chi connectivity index (χ1) is 8.47. The zero-order valence-electron chi connectivity index (χ0n) is 9.41. The molecule has 5 nitrogen and oxygen atoms in total. The van der Waals surface area contributed by atoms with Gasteiger partial charge in [0, 0.05) is 7.11 Å². The molecule has 0 heterocycles. The number of carboxylic acids is 1. The number of carbonyl (C=O) groups is 1. The molecule has 0 fully saturated rings. The van der Waals surface area contributed by atoms with Crippen molar-refractivity contribution < 1.29 is 27.6 Å². The lowest BCUT2D eigenvalue weighted by Crippen LogP contribution is -2.15. The zero-order valence-corrected chi connectivity index (χ0v) is 10.2. The molecule has 0 radical (unpaired) electrons. The Labute approximate surface area is 104 Å². The molecule has 0 spiro atoms. The third-order valence-corrected chi connectivity index (χ3v) is 2.99. The lowest BCUT2D eigenvalue weighted by Gasteiger charge is -2.09. The molecule has 100 valence electrons. The van der Waals surface area contributed by atoms with Gasteiger partial charge >= 0.3 is 5.97 Å². The van der Waals surface area contributed by atoms with Gasteiger partial charge in [0.15, 0.2) is 5.82 Å². The van der Waals surface area contributed by atoms with Gasteiger partial charge in [0.05, 0.1) is 18.0 Å². The summed E-state index contributed by atoms with van der Waals surface area (Å²) in [5, 5.41) is 8.64. The topological polar surface area (TPSA) is 75.6 Å². The molecule has 1 aromatic rings. The number of aromatic carboxylic acids is 1. The van der Waals surface area contributed by atoms with Gasteiger partial charge in [-0.05, 0) is 12.1 Å². The summed E-state index contributed by atoms with van der Waals surface area (Å²) in [5.41, 5.74) is -1.41. The number of carboxylic acid groups (broad SMARTS) is 1. The van der Waals surface area contributed by atoms with E-state index in [0.29, 0.717) is 0 Å². The Balaban J connectivity index is 2.94. The Morgan fingerprint density at radius 3 is 2.72 bits per heavy atom. The van der Waals surface area contributed by atoms with Crippen LogP contribution in [0.4, 0.5) is 14.5 Å². The predicted octanol–water partition coefficient (Wildman–Crippen LogP) is 1.39. The van der Waals surface area contributed by atoms with Gasteiger partial charge in [-0.25, -0.2) is 17.8 Å². The van der Waals surface area contributed by atoms with E-state index >= 15 is 0 Å². The maximum atomic E-state index is 13.6. The maximum Gasteiger partial charge on any atom is 0.341 e. The summed E-state index contributed by atoms with van der Waals surface area (Å²) < 4.78 is 45.0. The fourth-order valence-electron chi connectivity index (χ4n) is 1.16. The van der Waals surface area contributed by atoms with Crippen LogP contribution in [0.2, 0.25) is 0 Å². The van der Waals surface area contributed by atoms with E-state index in [4.69, 9.17) is 5.11 Å². The van der Waals surface area contributed by atoms with Crippen LogP contribution in [0, 0.1) is 11.6 Å². The van der Waals surface area contributed by atoms with E-state index in [2.05, 4.69) is 9.46 Å². The number of benzene rings is 1. The predicted molar refractivity (Wildman–Crippen MR) is 61.8 cm³/mol. The van der Waals surface area contributed by atoms with E-state index in [0.717, 1.165) is 12.1 Å². The minimum Gasteiger partial charge on any atom is -0.477 e. The van der Waals surface area contributed by atoms with E-state index in [1.165, 1.54) is 7.11 Å². The lowest BCUT2D eigenvalue weighted by atomic mass is 10.2. The normalized spacial score (nSPS) is 12.2. The fourth-order valence-corrected chi connectivity index (χ4v) is 1.98. The van der Waals surface area contributed by atoms with Gasteiger partial charge in [-0.15, -0.1) is 0 Å². The average Bonchev–Trinajstić information content (AvgIpc) is 2.30. The number of methoxy groups -OCH3 is 1. The number of rotatable bonds is 6. The van der Waals surface area contributed by atoms with Crippen LogP contribution in [-0.2, 0) is 15.7 Å². The summed E-state index contributed by atoms with van der Waals surface area (Å²) in [6.45, 7) is 0.189. The Morgan fingerprint density at radius 2 is 2.17 bits per heavy atom. The average molecular weight is 279 g/mol. The summed E-state index contributed by atoms with van der Waals surface area (Å²) >= 11 is 0. The lowest BCUT2D eigenvalue weighted by molar-refractivity contribution is 0.0686. The SMILES string of the molecule is COCCS(=O)Nc1ccc(F)c(C(=O)O)c1F. The van der Waals surface area contributed by atoms with Gasteiger partial charge in [-0.2, -0.15) is 0 Å². The minimum atomic E-state index is -1.73. The van der Waals surface area contributed by atoms with Gasteiger partial charge in [0.25, 0.3) is 0 Å². The standard InChI is InChI=1S/C10H11F2NO4S/c1-17-4-5-18(16)13-7-3-2-6(11)8(9(7)12)10(14)15/h2-3,13H,4-5H2,1H3,(H,14,15). The van der Waals surface area contributed by atoms with Crippen molar-refractivity contribution in [3.63, 3.8) is 0 Å². The van der Waals surface area contributed by atoms with Crippen molar-refractivity contribution in [2.45, 2.75) is 0 Å². The van der Waals surface area contributed by atoms with Crippen LogP contribution < -0.4 is 4.72 Å². The van der Waals surface area contributed by atoms with Crippen molar-refractivity contribution in [2.24, 2.45) is 0 Å². The molecule has 0 saturated heterocycles. The highest BCUT2D eigenvalue weighted by Gasteiger charge is 2.20. The molecule has 0 bridgehead atoms. The Morgan fingerprint density at radius 1 is 1.50 bits per heavy atom. The van der Waals surface area contributed by atoms with Crippen LogP contribution in [0.15, 0.2) is 12.1 Å². The maximum absolute atomic E-state index is 13.6. The first-order valence-corrected chi connectivity index (χ1v) is 6.14. The van der Waals surface area contributed by atoms with E-state index in [1.807, 2.05) is 0 Å². The molecule has 0 saturated carbocycles. The molecule has 1 aromatic carbocycles. The zero-order chi connectivity index (χ0) is 13.7. The van der Waals surface area contributed by atoms with Gasteiger partial charge in [-0.3, -0.25) is 0 Å². The molecule has 8 heteroatoms. The fraction of sp³-hybridized carbons (Fsp3) is 0.300. The van der Waals surface area contributed by atoms with E-state index in [-0.39, 0.29) is 18.0 Å². The van der Waals surface area contributed by atoms with Crippen LogP contribution >= 0.6 is 0 Å². The van der Waals surface area contributed by atoms with Crippen molar-refractivity contribution >= 4 is 22.6 Å². The highest BCUT2D eigenvalue weighted by atomic mass is 32.2. The third kappa shape index (κ3) is 3.47. The van der Waals surface area contributed by atoms with Gasteiger partial charge in [-0.1, -0.05) is 0 Å². The second-order valence-corrected chi connectivity index (χ2v) is 4.54. The molecule has 0 aliphatic rings. The molecule has 0 aliphatic heterocycles. The summed E-state index contributed by atoms with van der Waals surface area (Å²) in [6, 6.07) is 1.78. The monoisotopic (exact) mass is 279 g/mol. The smallest absolute Gasteiger partial charge is 0.341 e. The Kier molecular flexibility index (Phi) is 5.17. The molecule has 0 aliphatic carbocycles. The van der Waals surface area contributed by atoms with Gasteiger partial charge in [0.2, 0.25) is 0 Å². The molecular weight excluding hydrogens is 268 g/mol. The third-order valence-electron chi connectivity index (χ3n) is 2.00. The van der Waals surface area contributed by atoms with E-state index in [9.17, 15) is 17.8 Å². The van der Waals surface area contributed by atoms with Crippen LogP contribution in [0.25, 0.3) is 0 Å². The second kappa shape index (κ2) is 6.41. The van der Waals surface area contributed by atoms with Crippen LogP contribution in [-0.4, -0.2) is 34.8 Å². The van der Waals surface area contributed by atoms with Gasteiger partial charge < -0.3 is 14.6 Å². The summed E-state index contributed by atoms with van der Waals surface area (Å²) in [5.74, 6) is -4.10. The first kappa shape index (κ1) is 14.5. The number of anilines is 1. The van der Waals surface area contributed by atoms with Crippen molar-refractivity contribution in [3.05, 3.63) is 29.3 Å². The number of ether oxygens (including phenoxy) is 1. The van der Waals surface area contributed by atoms with Crippen LogP contribution in [0.5, 0.6) is 0 Å². The molecule has 1 unspecified atom stereocenters. The highest BCUT2D eigenvalue weighted by molar-refractivity contribution is 7.86. The summed E-state index contributed by atoms with van der Waals surface area (Å²) in [7, 11) is -0.225. The van der Waals surface area contributed by atoms with E-state index in [1.54, 1.807) is 0 Å². The minimum absolute atomic E-state index is 0.0930. The Hall–Kier alpha value is -1.54. The Bertz CT molecular complexity index is 481. The highest BCUT2D eigenvalue weighted by Crippen LogP contribution is 2.21. The molecule has 18 heavy (non-hydrogen) atoms. The van der Waals surface area contributed by atoms with Gasteiger partial charge in [0.1, 0.15) is 22.4 Å². The number of halogens is 2. The number of nitrogens with one attached hydrogen (secondary N) is 1. The summed E-state index contributed by atoms with van der Waals surface area (Å²) in [6.07, 6.45) is 0. The van der Waals surface area contributed by atoms with E-state index < -0.39 is 34.2 Å². The van der Waals surface area contributed by atoms with Crippen molar-refractivity contribution in [1.29, 1.82) is 0 Å². The molecule has 0 aromatic heterocycles. The van der Waals surface area contributed by atoms with Crippen LogP contribution in [0.3, 0.4) is 0 Å².